The molecule has 0 aromatic carbocycles. The molecule has 0 radical (unpaired) electrons. The lowest BCUT2D eigenvalue weighted by molar-refractivity contribution is -0.0623. The van der Waals surface area contributed by atoms with E-state index in [0.717, 1.165) is 26.0 Å². The van der Waals surface area contributed by atoms with Crippen LogP contribution in [0.3, 0.4) is 0 Å². The van der Waals surface area contributed by atoms with Crippen LogP contribution < -0.4 is 5.32 Å². The first kappa shape index (κ1) is 9.75. The Hall–Kier alpha value is -0.340. The van der Waals surface area contributed by atoms with Crippen molar-refractivity contribution in [3.63, 3.8) is 0 Å². The van der Waals surface area contributed by atoms with E-state index in [4.69, 9.17) is 4.74 Å². The van der Waals surface area contributed by atoms with Crippen molar-refractivity contribution >= 4 is 0 Å². The second kappa shape index (κ2) is 4.06. The van der Waals surface area contributed by atoms with Gasteiger partial charge in [-0.1, -0.05) is 6.08 Å². The van der Waals surface area contributed by atoms with Crippen molar-refractivity contribution in [1.82, 2.24) is 5.32 Å². The molecule has 1 aliphatic rings. The standard InChI is InChI=1S/C10H19NO/c1-4-6-11-9-5-7-12-10(2,3)8-9/h4,9,11H,1,5-8H2,2-3H3. The van der Waals surface area contributed by atoms with Gasteiger partial charge in [0.2, 0.25) is 0 Å². The molecule has 2 nitrogen and oxygen atoms in total. The average Bonchev–Trinajstić information content (AvgIpc) is 1.99. The lowest BCUT2D eigenvalue weighted by Crippen LogP contribution is -2.43. The lowest BCUT2D eigenvalue weighted by Gasteiger charge is -2.35. The van der Waals surface area contributed by atoms with Crippen molar-refractivity contribution in [1.29, 1.82) is 0 Å². The Morgan fingerprint density at radius 2 is 2.42 bits per heavy atom. The summed E-state index contributed by atoms with van der Waals surface area (Å²) in [5.41, 5.74) is 0.0527. The molecule has 1 aliphatic heterocycles. The van der Waals surface area contributed by atoms with Crippen LogP contribution in [-0.4, -0.2) is 24.8 Å². The second-order valence-corrected chi connectivity index (χ2v) is 3.99. The summed E-state index contributed by atoms with van der Waals surface area (Å²) in [6.45, 7) is 9.76. The zero-order chi connectivity index (χ0) is 9.03. The summed E-state index contributed by atoms with van der Waals surface area (Å²) in [6, 6.07) is 0.603. The smallest absolute Gasteiger partial charge is 0.0641 e. The van der Waals surface area contributed by atoms with Gasteiger partial charge in [-0.3, -0.25) is 0 Å². The Labute approximate surface area is 75.0 Å². The number of ether oxygens (including phenoxy) is 1. The fraction of sp³-hybridized carbons (Fsp3) is 0.800. The van der Waals surface area contributed by atoms with Crippen molar-refractivity contribution in [2.24, 2.45) is 0 Å². The monoisotopic (exact) mass is 169 g/mol. The molecule has 0 aromatic rings. The minimum atomic E-state index is 0.0527. The van der Waals surface area contributed by atoms with Crippen molar-refractivity contribution < 1.29 is 4.74 Å². The fourth-order valence-corrected chi connectivity index (χ4v) is 1.66. The van der Waals surface area contributed by atoms with Crippen LogP contribution in [0.2, 0.25) is 0 Å². The Morgan fingerprint density at radius 3 is 3.00 bits per heavy atom. The van der Waals surface area contributed by atoms with Gasteiger partial charge < -0.3 is 10.1 Å². The summed E-state index contributed by atoms with van der Waals surface area (Å²) in [7, 11) is 0. The normalized spacial score (nSPS) is 28.3. The van der Waals surface area contributed by atoms with Crippen LogP contribution in [0.1, 0.15) is 26.7 Å². The van der Waals surface area contributed by atoms with Crippen molar-refractivity contribution in [2.45, 2.75) is 38.3 Å². The molecule has 0 amide bonds. The van der Waals surface area contributed by atoms with Crippen molar-refractivity contribution in [2.75, 3.05) is 13.2 Å². The molecule has 1 atom stereocenters. The van der Waals surface area contributed by atoms with E-state index in [-0.39, 0.29) is 5.60 Å². The third-order valence-corrected chi connectivity index (χ3v) is 2.25. The van der Waals surface area contributed by atoms with E-state index >= 15 is 0 Å². The molecule has 1 saturated heterocycles. The first-order valence-electron chi connectivity index (χ1n) is 4.62. The summed E-state index contributed by atoms with van der Waals surface area (Å²) in [6.07, 6.45) is 4.13. The van der Waals surface area contributed by atoms with Crippen LogP contribution in [0.15, 0.2) is 12.7 Å². The van der Waals surface area contributed by atoms with Crippen molar-refractivity contribution in [3.05, 3.63) is 12.7 Å². The molecule has 0 bridgehead atoms. The second-order valence-electron chi connectivity index (χ2n) is 3.99. The summed E-state index contributed by atoms with van der Waals surface area (Å²) >= 11 is 0. The van der Waals surface area contributed by atoms with Gasteiger partial charge >= 0.3 is 0 Å². The Morgan fingerprint density at radius 1 is 1.67 bits per heavy atom. The number of hydrogen-bond donors (Lipinski definition) is 1. The van der Waals surface area contributed by atoms with Crippen LogP contribution in [0.4, 0.5) is 0 Å². The van der Waals surface area contributed by atoms with E-state index in [1.165, 1.54) is 0 Å². The number of nitrogens with one attached hydrogen (secondary N) is 1. The third kappa shape index (κ3) is 2.95. The van der Waals surface area contributed by atoms with Gasteiger partial charge in [0.05, 0.1) is 5.60 Å². The van der Waals surface area contributed by atoms with Gasteiger partial charge in [-0.15, -0.1) is 6.58 Å². The lowest BCUT2D eigenvalue weighted by atomic mass is 9.94. The molecular formula is C10H19NO. The topological polar surface area (TPSA) is 21.3 Å². The van der Waals surface area contributed by atoms with E-state index < -0.39 is 0 Å². The van der Waals surface area contributed by atoms with E-state index in [1.54, 1.807) is 0 Å². The number of hydrogen-bond acceptors (Lipinski definition) is 2. The first-order chi connectivity index (χ1) is 5.64. The summed E-state index contributed by atoms with van der Waals surface area (Å²) < 4.78 is 5.61. The molecule has 0 saturated carbocycles. The molecule has 70 valence electrons. The molecule has 1 rings (SSSR count). The quantitative estimate of drug-likeness (QED) is 0.649. The van der Waals surface area contributed by atoms with Gasteiger partial charge in [0.25, 0.3) is 0 Å². The van der Waals surface area contributed by atoms with Crippen LogP contribution in [0, 0.1) is 0 Å². The zero-order valence-corrected chi connectivity index (χ0v) is 8.10. The predicted octanol–water partition coefficient (Wildman–Crippen LogP) is 1.72. The fourth-order valence-electron chi connectivity index (χ4n) is 1.66. The minimum absolute atomic E-state index is 0.0527. The predicted molar refractivity (Wildman–Crippen MR) is 51.3 cm³/mol. The molecule has 12 heavy (non-hydrogen) atoms. The molecule has 1 unspecified atom stereocenters. The highest BCUT2D eigenvalue weighted by molar-refractivity contribution is 4.84. The number of rotatable bonds is 3. The highest BCUT2D eigenvalue weighted by Crippen LogP contribution is 2.23. The molecular weight excluding hydrogens is 150 g/mol. The van der Waals surface area contributed by atoms with Gasteiger partial charge in [0.15, 0.2) is 0 Å². The van der Waals surface area contributed by atoms with Gasteiger partial charge in [0.1, 0.15) is 0 Å². The largest absolute Gasteiger partial charge is 0.375 e. The van der Waals surface area contributed by atoms with Crippen molar-refractivity contribution in [3.8, 4) is 0 Å². The van der Waals surface area contributed by atoms with Crippen LogP contribution in [0.5, 0.6) is 0 Å². The highest BCUT2D eigenvalue weighted by Gasteiger charge is 2.27. The molecule has 0 aromatic heterocycles. The highest BCUT2D eigenvalue weighted by atomic mass is 16.5. The third-order valence-electron chi connectivity index (χ3n) is 2.25. The van der Waals surface area contributed by atoms with Gasteiger partial charge in [-0.2, -0.15) is 0 Å². The van der Waals surface area contributed by atoms with Gasteiger partial charge in [0, 0.05) is 19.2 Å². The summed E-state index contributed by atoms with van der Waals surface area (Å²) in [5, 5.41) is 3.43. The Kier molecular flexibility index (Phi) is 3.29. The van der Waals surface area contributed by atoms with Crippen LogP contribution in [-0.2, 0) is 4.74 Å². The summed E-state index contributed by atoms with van der Waals surface area (Å²) in [4.78, 5) is 0. The molecule has 2 heteroatoms. The molecule has 1 heterocycles. The van der Waals surface area contributed by atoms with E-state index in [0.29, 0.717) is 6.04 Å². The van der Waals surface area contributed by atoms with Crippen LogP contribution >= 0.6 is 0 Å². The zero-order valence-electron chi connectivity index (χ0n) is 8.10. The van der Waals surface area contributed by atoms with E-state index in [2.05, 4.69) is 25.7 Å². The molecule has 1 N–H and O–H groups in total. The van der Waals surface area contributed by atoms with E-state index in [1.807, 2.05) is 6.08 Å². The van der Waals surface area contributed by atoms with E-state index in [9.17, 15) is 0 Å². The summed E-state index contributed by atoms with van der Waals surface area (Å²) in [5.74, 6) is 0. The molecule has 1 fully saturated rings. The Balaban J connectivity index is 2.31. The van der Waals surface area contributed by atoms with Gasteiger partial charge in [-0.05, 0) is 26.7 Å². The minimum Gasteiger partial charge on any atom is -0.375 e. The average molecular weight is 169 g/mol. The SMILES string of the molecule is C=CCNC1CCOC(C)(C)C1. The molecule has 0 aliphatic carbocycles. The maximum atomic E-state index is 5.61. The maximum Gasteiger partial charge on any atom is 0.0641 e. The Bertz CT molecular complexity index is 154. The van der Waals surface area contributed by atoms with Gasteiger partial charge in [-0.25, -0.2) is 0 Å². The molecule has 0 spiro atoms. The van der Waals surface area contributed by atoms with Crippen LogP contribution in [0.25, 0.3) is 0 Å². The first-order valence-corrected chi connectivity index (χ1v) is 4.62. The maximum absolute atomic E-state index is 5.61.